The van der Waals surface area contributed by atoms with Gasteiger partial charge in [0.1, 0.15) is 0 Å². The highest BCUT2D eigenvalue weighted by Gasteiger charge is 2.16. The molecule has 0 saturated carbocycles. The summed E-state index contributed by atoms with van der Waals surface area (Å²) in [5.41, 5.74) is 2.11. The number of fused-ring (bicyclic) bond motifs is 1. The SMILES string of the molecule is OC(CCc1ccccc1)c1ccc2c(c1)OCO2. The molecule has 2 aromatic carbocycles. The van der Waals surface area contributed by atoms with Crippen LogP contribution in [0.5, 0.6) is 11.5 Å². The van der Waals surface area contributed by atoms with Gasteiger partial charge < -0.3 is 14.6 Å². The standard InChI is InChI=1S/C16H16O3/c17-14(8-6-12-4-2-1-3-5-12)13-7-9-15-16(10-13)19-11-18-15/h1-5,7,9-10,14,17H,6,8,11H2. The van der Waals surface area contributed by atoms with Gasteiger partial charge in [0.05, 0.1) is 6.10 Å². The van der Waals surface area contributed by atoms with Crippen LogP contribution in [0.15, 0.2) is 48.5 Å². The second-order valence-electron chi connectivity index (χ2n) is 4.65. The van der Waals surface area contributed by atoms with Gasteiger partial charge in [-0.3, -0.25) is 0 Å². The van der Waals surface area contributed by atoms with Gasteiger partial charge in [0.15, 0.2) is 11.5 Å². The zero-order chi connectivity index (χ0) is 13.1. The number of hydrogen-bond donors (Lipinski definition) is 1. The number of benzene rings is 2. The van der Waals surface area contributed by atoms with Crippen LogP contribution in [0, 0.1) is 0 Å². The summed E-state index contributed by atoms with van der Waals surface area (Å²) in [7, 11) is 0. The molecular weight excluding hydrogens is 240 g/mol. The smallest absolute Gasteiger partial charge is 0.231 e. The number of aliphatic hydroxyl groups excluding tert-OH is 1. The molecule has 0 aromatic heterocycles. The lowest BCUT2D eigenvalue weighted by Crippen LogP contribution is -1.99. The van der Waals surface area contributed by atoms with E-state index < -0.39 is 6.10 Å². The molecule has 0 saturated heterocycles. The van der Waals surface area contributed by atoms with Crippen LogP contribution in [0.1, 0.15) is 23.7 Å². The Morgan fingerprint density at radius 1 is 1.00 bits per heavy atom. The minimum atomic E-state index is -0.477. The third-order valence-electron chi connectivity index (χ3n) is 3.33. The Labute approximate surface area is 112 Å². The summed E-state index contributed by atoms with van der Waals surface area (Å²) < 4.78 is 10.6. The van der Waals surface area contributed by atoms with E-state index in [4.69, 9.17) is 9.47 Å². The summed E-state index contributed by atoms with van der Waals surface area (Å²) >= 11 is 0. The van der Waals surface area contributed by atoms with Gasteiger partial charge >= 0.3 is 0 Å². The summed E-state index contributed by atoms with van der Waals surface area (Å²) in [6.07, 6.45) is 1.08. The Hall–Kier alpha value is -2.00. The molecule has 3 rings (SSSR count). The molecule has 3 heteroatoms. The molecule has 0 aliphatic carbocycles. The normalized spacial score (nSPS) is 14.4. The molecule has 98 valence electrons. The van der Waals surface area contributed by atoms with Crippen molar-refractivity contribution in [1.29, 1.82) is 0 Å². The summed E-state index contributed by atoms with van der Waals surface area (Å²) in [6.45, 7) is 0.263. The molecule has 0 bridgehead atoms. The van der Waals surface area contributed by atoms with Crippen LogP contribution in [0.2, 0.25) is 0 Å². The van der Waals surface area contributed by atoms with Crippen molar-refractivity contribution in [2.24, 2.45) is 0 Å². The quantitative estimate of drug-likeness (QED) is 0.913. The largest absolute Gasteiger partial charge is 0.454 e. The van der Waals surface area contributed by atoms with Gasteiger partial charge in [-0.15, -0.1) is 0 Å². The first-order chi connectivity index (χ1) is 9.33. The molecule has 1 atom stereocenters. The van der Waals surface area contributed by atoms with Gasteiger partial charge in [-0.2, -0.15) is 0 Å². The van der Waals surface area contributed by atoms with E-state index >= 15 is 0 Å². The van der Waals surface area contributed by atoms with Crippen LogP contribution in [0.25, 0.3) is 0 Å². The molecule has 3 nitrogen and oxygen atoms in total. The average molecular weight is 256 g/mol. The van der Waals surface area contributed by atoms with Crippen LogP contribution in [0.3, 0.4) is 0 Å². The first-order valence-electron chi connectivity index (χ1n) is 6.44. The monoisotopic (exact) mass is 256 g/mol. The van der Waals surface area contributed by atoms with Gasteiger partial charge in [-0.25, -0.2) is 0 Å². The molecule has 0 spiro atoms. The first kappa shape index (κ1) is 12.1. The fraction of sp³-hybridized carbons (Fsp3) is 0.250. The van der Waals surface area contributed by atoms with Crippen LogP contribution >= 0.6 is 0 Å². The fourth-order valence-corrected chi connectivity index (χ4v) is 2.24. The van der Waals surface area contributed by atoms with E-state index in [0.717, 1.165) is 23.5 Å². The molecule has 1 heterocycles. The Bertz CT molecular complexity index is 551. The van der Waals surface area contributed by atoms with E-state index in [1.165, 1.54) is 5.56 Å². The lowest BCUT2D eigenvalue weighted by molar-refractivity contribution is 0.165. The van der Waals surface area contributed by atoms with E-state index in [9.17, 15) is 5.11 Å². The fourth-order valence-electron chi connectivity index (χ4n) is 2.24. The molecule has 0 radical (unpaired) electrons. The van der Waals surface area contributed by atoms with Gasteiger partial charge in [0.25, 0.3) is 0 Å². The van der Waals surface area contributed by atoms with Crippen molar-refractivity contribution in [3.63, 3.8) is 0 Å². The Kier molecular flexibility index (Phi) is 3.38. The third-order valence-corrected chi connectivity index (χ3v) is 3.33. The third kappa shape index (κ3) is 2.71. The molecule has 0 fully saturated rings. The van der Waals surface area contributed by atoms with Crippen molar-refractivity contribution in [3.8, 4) is 11.5 Å². The highest BCUT2D eigenvalue weighted by Crippen LogP contribution is 2.34. The highest BCUT2D eigenvalue weighted by molar-refractivity contribution is 5.45. The average Bonchev–Trinajstić information content (AvgIpc) is 2.93. The summed E-state index contributed by atoms with van der Waals surface area (Å²) in [5, 5.41) is 10.2. The molecule has 1 unspecified atom stereocenters. The maximum atomic E-state index is 10.2. The molecule has 2 aromatic rings. The topological polar surface area (TPSA) is 38.7 Å². The number of aryl methyl sites for hydroxylation is 1. The van der Waals surface area contributed by atoms with Crippen molar-refractivity contribution >= 4 is 0 Å². The van der Waals surface area contributed by atoms with Crippen LogP contribution < -0.4 is 9.47 Å². The van der Waals surface area contributed by atoms with Crippen LogP contribution in [0.4, 0.5) is 0 Å². The van der Waals surface area contributed by atoms with Crippen LogP contribution in [-0.2, 0) is 6.42 Å². The van der Waals surface area contributed by atoms with Gasteiger partial charge in [-0.1, -0.05) is 36.4 Å². The van der Waals surface area contributed by atoms with E-state index in [-0.39, 0.29) is 6.79 Å². The second-order valence-corrected chi connectivity index (χ2v) is 4.65. The zero-order valence-corrected chi connectivity index (χ0v) is 10.6. The summed E-state index contributed by atoms with van der Waals surface area (Å²) in [6, 6.07) is 15.8. The first-order valence-corrected chi connectivity index (χ1v) is 6.44. The van der Waals surface area contributed by atoms with E-state index in [2.05, 4.69) is 12.1 Å². The zero-order valence-electron chi connectivity index (χ0n) is 10.6. The molecule has 19 heavy (non-hydrogen) atoms. The van der Waals surface area contributed by atoms with Crippen LogP contribution in [-0.4, -0.2) is 11.9 Å². The van der Waals surface area contributed by atoms with Gasteiger partial charge in [0.2, 0.25) is 6.79 Å². The number of aliphatic hydroxyl groups is 1. The van der Waals surface area contributed by atoms with Crippen molar-refractivity contribution in [2.75, 3.05) is 6.79 Å². The lowest BCUT2D eigenvalue weighted by Gasteiger charge is -2.11. The predicted molar refractivity (Wildman–Crippen MR) is 72.3 cm³/mol. The van der Waals surface area contributed by atoms with Crippen molar-refractivity contribution in [2.45, 2.75) is 18.9 Å². The maximum absolute atomic E-state index is 10.2. The Balaban J connectivity index is 1.65. The number of ether oxygens (including phenoxy) is 2. The molecular formula is C16H16O3. The predicted octanol–water partition coefficient (Wildman–Crippen LogP) is 3.08. The van der Waals surface area contributed by atoms with E-state index in [1.807, 2.05) is 36.4 Å². The van der Waals surface area contributed by atoms with Crippen molar-refractivity contribution in [3.05, 3.63) is 59.7 Å². The second kappa shape index (κ2) is 5.33. The summed E-state index contributed by atoms with van der Waals surface area (Å²) in [4.78, 5) is 0. The van der Waals surface area contributed by atoms with Gasteiger partial charge in [0, 0.05) is 0 Å². The highest BCUT2D eigenvalue weighted by atomic mass is 16.7. The lowest BCUT2D eigenvalue weighted by atomic mass is 10.0. The minimum absolute atomic E-state index is 0.263. The van der Waals surface area contributed by atoms with E-state index in [1.54, 1.807) is 0 Å². The summed E-state index contributed by atoms with van der Waals surface area (Å²) in [5.74, 6) is 1.47. The maximum Gasteiger partial charge on any atom is 0.231 e. The molecule has 0 amide bonds. The van der Waals surface area contributed by atoms with E-state index in [0.29, 0.717) is 6.42 Å². The van der Waals surface area contributed by atoms with Crippen molar-refractivity contribution in [1.82, 2.24) is 0 Å². The number of rotatable bonds is 4. The van der Waals surface area contributed by atoms with Gasteiger partial charge in [-0.05, 0) is 36.1 Å². The molecule has 1 N–H and O–H groups in total. The molecule has 1 aliphatic rings. The number of hydrogen-bond acceptors (Lipinski definition) is 3. The minimum Gasteiger partial charge on any atom is -0.454 e. The van der Waals surface area contributed by atoms with Crippen molar-refractivity contribution < 1.29 is 14.6 Å². The Morgan fingerprint density at radius 3 is 2.63 bits per heavy atom. The molecule has 1 aliphatic heterocycles. The Morgan fingerprint density at radius 2 is 1.79 bits per heavy atom.